The van der Waals surface area contributed by atoms with Crippen LogP contribution in [-0.2, 0) is 21.2 Å². The summed E-state index contributed by atoms with van der Waals surface area (Å²) in [5, 5.41) is 6.07. The maximum atomic E-state index is 12.9. The van der Waals surface area contributed by atoms with Crippen LogP contribution in [0.3, 0.4) is 0 Å². The van der Waals surface area contributed by atoms with Gasteiger partial charge in [-0.3, -0.25) is 4.79 Å². The van der Waals surface area contributed by atoms with Gasteiger partial charge in [0.2, 0.25) is 15.9 Å². The van der Waals surface area contributed by atoms with Crippen molar-refractivity contribution < 1.29 is 13.2 Å². The lowest BCUT2D eigenvalue weighted by Gasteiger charge is -2.22. The molecule has 1 unspecified atom stereocenters. The van der Waals surface area contributed by atoms with Gasteiger partial charge in [-0.25, -0.2) is 8.42 Å². The van der Waals surface area contributed by atoms with E-state index in [1.165, 1.54) is 0 Å². The van der Waals surface area contributed by atoms with Gasteiger partial charge in [-0.2, -0.15) is 4.31 Å². The van der Waals surface area contributed by atoms with Gasteiger partial charge in [-0.05, 0) is 48.6 Å². The molecule has 1 aromatic rings. The quantitative estimate of drug-likeness (QED) is 0.834. The molecule has 0 bridgehead atoms. The summed E-state index contributed by atoms with van der Waals surface area (Å²) in [6.45, 7) is 3.05. The molecule has 0 saturated carbocycles. The number of hydrogen-bond acceptors (Lipinski definition) is 4. The minimum absolute atomic E-state index is 0.0818. The Bertz CT molecular complexity index is 738. The summed E-state index contributed by atoms with van der Waals surface area (Å²) in [6, 6.07) is 4.92. The highest BCUT2D eigenvalue weighted by molar-refractivity contribution is 7.89. The first-order chi connectivity index (χ1) is 10.5. The SMILES string of the molecule is O=C1Cc2cc(S(=O)(=O)N3CCC4(CCNC4)C3)ccc2N1. The molecule has 2 N–H and O–H groups in total. The van der Waals surface area contributed by atoms with E-state index in [-0.39, 0.29) is 17.7 Å². The summed E-state index contributed by atoms with van der Waals surface area (Å²) >= 11 is 0. The molecule has 1 spiro atoms. The van der Waals surface area contributed by atoms with E-state index in [1.807, 2.05) is 0 Å². The van der Waals surface area contributed by atoms with Crippen LogP contribution in [0.15, 0.2) is 23.1 Å². The summed E-state index contributed by atoms with van der Waals surface area (Å²) in [6.07, 6.45) is 2.22. The smallest absolute Gasteiger partial charge is 0.243 e. The fourth-order valence-electron chi connectivity index (χ4n) is 3.76. The highest BCUT2D eigenvalue weighted by Gasteiger charge is 2.44. The van der Waals surface area contributed by atoms with Crippen LogP contribution in [0.1, 0.15) is 18.4 Å². The molecule has 118 valence electrons. The molecule has 2 saturated heterocycles. The zero-order valence-electron chi connectivity index (χ0n) is 12.3. The molecule has 22 heavy (non-hydrogen) atoms. The Hall–Kier alpha value is -1.44. The maximum Gasteiger partial charge on any atom is 0.243 e. The lowest BCUT2D eigenvalue weighted by molar-refractivity contribution is -0.115. The molecule has 3 aliphatic heterocycles. The van der Waals surface area contributed by atoms with Crippen molar-refractivity contribution in [2.24, 2.45) is 5.41 Å². The molecule has 1 atom stereocenters. The number of anilines is 1. The Morgan fingerprint density at radius 2 is 2.09 bits per heavy atom. The van der Waals surface area contributed by atoms with E-state index in [0.29, 0.717) is 18.0 Å². The van der Waals surface area contributed by atoms with Gasteiger partial charge in [-0.15, -0.1) is 0 Å². The van der Waals surface area contributed by atoms with E-state index in [9.17, 15) is 13.2 Å². The molecular formula is C15H19N3O3S. The minimum atomic E-state index is -3.47. The molecule has 6 nitrogen and oxygen atoms in total. The van der Waals surface area contributed by atoms with Gasteiger partial charge in [-0.1, -0.05) is 0 Å². The number of benzene rings is 1. The summed E-state index contributed by atoms with van der Waals surface area (Å²) in [5.74, 6) is -0.0818. The van der Waals surface area contributed by atoms with Gasteiger partial charge in [0, 0.05) is 25.3 Å². The number of carbonyl (C=O) groups excluding carboxylic acids is 1. The van der Waals surface area contributed by atoms with Crippen molar-refractivity contribution in [2.45, 2.75) is 24.2 Å². The third kappa shape index (κ3) is 2.15. The molecule has 1 amide bonds. The Kier molecular flexibility index (Phi) is 3.08. The van der Waals surface area contributed by atoms with Crippen molar-refractivity contribution in [1.29, 1.82) is 0 Å². The molecule has 0 radical (unpaired) electrons. The monoisotopic (exact) mass is 321 g/mol. The van der Waals surface area contributed by atoms with E-state index in [2.05, 4.69) is 10.6 Å². The number of sulfonamides is 1. The largest absolute Gasteiger partial charge is 0.326 e. The van der Waals surface area contributed by atoms with Gasteiger partial charge < -0.3 is 10.6 Å². The fraction of sp³-hybridized carbons (Fsp3) is 0.533. The molecule has 7 heteroatoms. The van der Waals surface area contributed by atoms with Gasteiger partial charge >= 0.3 is 0 Å². The Morgan fingerprint density at radius 3 is 2.86 bits per heavy atom. The number of amides is 1. The third-order valence-corrected chi connectivity index (χ3v) is 6.92. The van der Waals surface area contributed by atoms with Crippen molar-refractivity contribution in [3.63, 3.8) is 0 Å². The minimum Gasteiger partial charge on any atom is -0.326 e. The number of nitrogens with zero attached hydrogens (tertiary/aromatic N) is 1. The fourth-order valence-corrected chi connectivity index (χ4v) is 5.36. The van der Waals surface area contributed by atoms with E-state index >= 15 is 0 Å². The van der Waals surface area contributed by atoms with Crippen molar-refractivity contribution in [3.05, 3.63) is 23.8 Å². The summed E-state index contributed by atoms with van der Waals surface area (Å²) in [7, 11) is -3.47. The molecule has 3 heterocycles. The number of hydrogen-bond donors (Lipinski definition) is 2. The van der Waals surface area contributed by atoms with Crippen molar-refractivity contribution in [1.82, 2.24) is 9.62 Å². The zero-order valence-corrected chi connectivity index (χ0v) is 13.1. The number of carbonyl (C=O) groups is 1. The Balaban J connectivity index is 1.62. The normalized spacial score (nSPS) is 28.3. The molecule has 3 aliphatic rings. The first-order valence-electron chi connectivity index (χ1n) is 7.62. The van der Waals surface area contributed by atoms with Crippen LogP contribution in [-0.4, -0.2) is 44.8 Å². The highest BCUT2D eigenvalue weighted by atomic mass is 32.2. The average molecular weight is 321 g/mol. The van der Waals surface area contributed by atoms with Crippen LogP contribution >= 0.6 is 0 Å². The van der Waals surface area contributed by atoms with Crippen LogP contribution in [0.25, 0.3) is 0 Å². The second-order valence-electron chi connectivity index (χ2n) is 6.56. The number of fused-ring (bicyclic) bond motifs is 1. The van der Waals surface area contributed by atoms with Gasteiger partial charge in [0.25, 0.3) is 0 Å². The third-order valence-electron chi connectivity index (χ3n) is 5.07. The summed E-state index contributed by atoms with van der Waals surface area (Å²) < 4.78 is 27.3. The molecule has 2 fully saturated rings. The van der Waals surface area contributed by atoms with Crippen molar-refractivity contribution in [3.8, 4) is 0 Å². The lowest BCUT2D eigenvalue weighted by atomic mass is 9.87. The Labute approximate surface area is 129 Å². The van der Waals surface area contributed by atoms with Gasteiger partial charge in [0.15, 0.2) is 0 Å². The van der Waals surface area contributed by atoms with E-state index in [0.717, 1.165) is 37.2 Å². The predicted octanol–water partition coefficient (Wildman–Crippen LogP) is 0.555. The van der Waals surface area contributed by atoms with Crippen molar-refractivity contribution >= 4 is 21.6 Å². The predicted molar refractivity (Wildman–Crippen MR) is 82.1 cm³/mol. The second-order valence-corrected chi connectivity index (χ2v) is 8.50. The molecule has 1 aromatic carbocycles. The first-order valence-corrected chi connectivity index (χ1v) is 9.06. The number of rotatable bonds is 2. The van der Waals surface area contributed by atoms with Crippen LogP contribution < -0.4 is 10.6 Å². The molecular weight excluding hydrogens is 302 g/mol. The average Bonchev–Trinajstić information content (AvgIpc) is 3.19. The Morgan fingerprint density at radius 1 is 1.23 bits per heavy atom. The topological polar surface area (TPSA) is 78.5 Å². The maximum absolute atomic E-state index is 12.9. The zero-order chi connectivity index (χ0) is 15.4. The van der Waals surface area contributed by atoms with Crippen LogP contribution in [0.4, 0.5) is 5.69 Å². The summed E-state index contributed by atoms with van der Waals surface area (Å²) in [4.78, 5) is 11.7. The highest BCUT2D eigenvalue weighted by Crippen LogP contribution is 2.38. The number of nitrogens with one attached hydrogen (secondary N) is 2. The summed E-state index contributed by atoms with van der Waals surface area (Å²) in [5.41, 5.74) is 1.60. The van der Waals surface area contributed by atoms with Crippen LogP contribution in [0.2, 0.25) is 0 Å². The first kappa shape index (κ1) is 14.2. The van der Waals surface area contributed by atoms with E-state index < -0.39 is 10.0 Å². The lowest BCUT2D eigenvalue weighted by Crippen LogP contribution is -2.33. The standard InChI is InChI=1S/C15H19N3O3S/c19-14-8-11-7-12(1-2-13(11)17-14)22(20,21)18-6-4-15(10-18)3-5-16-9-15/h1-2,7,16H,3-6,8-10H2,(H,17,19). The van der Waals surface area contributed by atoms with Crippen LogP contribution in [0.5, 0.6) is 0 Å². The molecule has 4 rings (SSSR count). The molecule has 0 aliphatic carbocycles. The van der Waals surface area contributed by atoms with Crippen LogP contribution in [0, 0.1) is 5.41 Å². The second kappa shape index (κ2) is 4.78. The van der Waals surface area contributed by atoms with Crippen molar-refractivity contribution in [2.75, 3.05) is 31.5 Å². The van der Waals surface area contributed by atoms with E-state index in [1.54, 1.807) is 22.5 Å². The van der Waals surface area contributed by atoms with Gasteiger partial charge in [0.1, 0.15) is 0 Å². The molecule has 0 aromatic heterocycles. The van der Waals surface area contributed by atoms with Gasteiger partial charge in [0.05, 0.1) is 11.3 Å². The van der Waals surface area contributed by atoms with E-state index in [4.69, 9.17) is 0 Å².